The fraction of sp³-hybridized carbons (Fsp3) is 0.500. The lowest BCUT2D eigenvalue weighted by Gasteiger charge is -2.04. The molecule has 0 spiro atoms. The van der Waals surface area contributed by atoms with Crippen LogP contribution in [0.3, 0.4) is 0 Å². The minimum Gasteiger partial charge on any atom is -0.377 e. The summed E-state index contributed by atoms with van der Waals surface area (Å²) in [4.78, 5) is 0. The molecule has 0 aromatic heterocycles. The average Bonchev–Trinajstić information content (AvgIpc) is 2.18. The van der Waals surface area contributed by atoms with Gasteiger partial charge in [0.2, 0.25) is 0 Å². The van der Waals surface area contributed by atoms with E-state index in [0.29, 0.717) is 0 Å². The Balaban J connectivity index is 2.18. The monoisotopic (exact) mass is 256 g/mol. The largest absolute Gasteiger partial charge is 0.377 e. The summed E-state index contributed by atoms with van der Waals surface area (Å²) in [5.74, 6) is 0. The smallest absolute Gasteiger partial charge is 0.0716 e. The van der Waals surface area contributed by atoms with E-state index >= 15 is 0 Å². The molecule has 2 heteroatoms. The molecular weight excluding hydrogens is 240 g/mol. The zero-order valence-corrected chi connectivity index (χ0v) is 10.2. The van der Waals surface area contributed by atoms with Gasteiger partial charge in [0.25, 0.3) is 0 Å². The van der Waals surface area contributed by atoms with E-state index in [9.17, 15) is 0 Å². The van der Waals surface area contributed by atoms with Crippen molar-refractivity contribution in [3.8, 4) is 0 Å². The second-order valence-corrected chi connectivity index (χ2v) is 4.23. The van der Waals surface area contributed by atoms with E-state index < -0.39 is 0 Å². The molecule has 0 aliphatic heterocycles. The fourth-order valence-electron chi connectivity index (χ4n) is 1.29. The molecule has 0 fully saturated rings. The summed E-state index contributed by atoms with van der Waals surface area (Å²) in [5.41, 5.74) is 2.57. The van der Waals surface area contributed by atoms with Crippen LogP contribution >= 0.6 is 15.9 Å². The molecule has 78 valence electrons. The maximum Gasteiger partial charge on any atom is 0.0716 e. The van der Waals surface area contributed by atoms with E-state index in [0.717, 1.165) is 25.0 Å². The van der Waals surface area contributed by atoms with Gasteiger partial charge in [0.1, 0.15) is 0 Å². The number of hydrogen-bond acceptors (Lipinski definition) is 1. The Hall–Kier alpha value is -0.340. The van der Waals surface area contributed by atoms with Gasteiger partial charge in [-0.15, -0.1) is 0 Å². The number of rotatable bonds is 6. The van der Waals surface area contributed by atoms with Crippen molar-refractivity contribution in [3.63, 3.8) is 0 Å². The predicted octanol–water partition coefficient (Wildman–Crippen LogP) is 3.69. The Morgan fingerprint density at radius 1 is 1.29 bits per heavy atom. The van der Waals surface area contributed by atoms with Crippen molar-refractivity contribution < 1.29 is 4.74 Å². The summed E-state index contributed by atoms with van der Waals surface area (Å²) in [6.07, 6.45) is 2.32. The van der Waals surface area contributed by atoms with Crippen molar-refractivity contribution in [1.29, 1.82) is 0 Å². The third kappa shape index (κ3) is 4.77. The van der Waals surface area contributed by atoms with Crippen LogP contribution in [0, 0.1) is 6.92 Å². The van der Waals surface area contributed by atoms with Crippen LogP contribution in [0.15, 0.2) is 24.3 Å². The molecule has 0 amide bonds. The van der Waals surface area contributed by atoms with Crippen LogP contribution in [-0.2, 0) is 11.3 Å². The highest BCUT2D eigenvalue weighted by molar-refractivity contribution is 9.09. The van der Waals surface area contributed by atoms with E-state index in [1.807, 2.05) is 0 Å². The highest BCUT2D eigenvalue weighted by atomic mass is 79.9. The van der Waals surface area contributed by atoms with Crippen molar-refractivity contribution in [2.45, 2.75) is 26.4 Å². The summed E-state index contributed by atoms with van der Waals surface area (Å²) in [7, 11) is 0. The van der Waals surface area contributed by atoms with Crippen LogP contribution in [0.4, 0.5) is 0 Å². The molecule has 1 aromatic rings. The van der Waals surface area contributed by atoms with Crippen molar-refractivity contribution in [2.75, 3.05) is 11.9 Å². The normalized spacial score (nSPS) is 10.4. The number of alkyl halides is 1. The van der Waals surface area contributed by atoms with Gasteiger partial charge in [-0.2, -0.15) is 0 Å². The number of unbranched alkanes of at least 4 members (excludes halogenated alkanes) is 1. The van der Waals surface area contributed by atoms with Gasteiger partial charge < -0.3 is 4.74 Å². The highest BCUT2D eigenvalue weighted by Crippen LogP contribution is 2.05. The molecule has 1 rings (SSSR count). The van der Waals surface area contributed by atoms with Crippen LogP contribution in [0.25, 0.3) is 0 Å². The minimum absolute atomic E-state index is 0.740. The van der Waals surface area contributed by atoms with Gasteiger partial charge in [-0.05, 0) is 25.3 Å². The van der Waals surface area contributed by atoms with Crippen LogP contribution < -0.4 is 0 Å². The Bertz CT molecular complexity index is 260. The van der Waals surface area contributed by atoms with Gasteiger partial charge >= 0.3 is 0 Å². The van der Waals surface area contributed by atoms with Gasteiger partial charge in [0.15, 0.2) is 0 Å². The molecule has 1 nitrogen and oxygen atoms in total. The number of halogens is 1. The Kier molecular flexibility index (Phi) is 5.88. The highest BCUT2D eigenvalue weighted by Gasteiger charge is 1.93. The first-order valence-corrected chi connectivity index (χ1v) is 6.14. The Labute approximate surface area is 94.6 Å². The molecular formula is C12H17BrO. The zero-order chi connectivity index (χ0) is 10.2. The van der Waals surface area contributed by atoms with Crippen LogP contribution in [0.2, 0.25) is 0 Å². The Morgan fingerprint density at radius 3 is 2.86 bits per heavy atom. The van der Waals surface area contributed by atoms with Gasteiger partial charge in [-0.25, -0.2) is 0 Å². The second-order valence-electron chi connectivity index (χ2n) is 3.44. The SMILES string of the molecule is Cc1cccc(COCCCCBr)c1. The molecule has 0 aliphatic rings. The van der Waals surface area contributed by atoms with Gasteiger partial charge in [0, 0.05) is 11.9 Å². The lowest BCUT2D eigenvalue weighted by Crippen LogP contribution is -1.96. The second kappa shape index (κ2) is 7.02. The van der Waals surface area contributed by atoms with E-state index in [1.54, 1.807) is 0 Å². The number of aryl methyl sites for hydroxylation is 1. The molecule has 0 N–H and O–H groups in total. The molecule has 0 radical (unpaired) electrons. The molecule has 0 bridgehead atoms. The maximum absolute atomic E-state index is 5.56. The first-order valence-electron chi connectivity index (χ1n) is 5.02. The van der Waals surface area contributed by atoms with Gasteiger partial charge in [-0.1, -0.05) is 45.8 Å². The topological polar surface area (TPSA) is 9.23 Å². The predicted molar refractivity (Wildman–Crippen MR) is 63.9 cm³/mol. The lowest BCUT2D eigenvalue weighted by atomic mass is 10.1. The number of ether oxygens (including phenoxy) is 1. The summed E-state index contributed by atoms with van der Waals surface area (Å²) in [6, 6.07) is 8.46. The van der Waals surface area contributed by atoms with Crippen LogP contribution in [-0.4, -0.2) is 11.9 Å². The zero-order valence-electron chi connectivity index (χ0n) is 8.63. The number of hydrogen-bond donors (Lipinski definition) is 0. The van der Waals surface area contributed by atoms with Gasteiger partial charge in [0.05, 0.1) is 6.61 Å². The Morgan fingerprint density at radius 2 is 2.14 bits per heavy atom. The van der Waals surface area contributed by atoms with Crippen LogP contribution in [0.1, 0.15) is 24.0 Å². The molecule has 0 saturated heterocycles. The minimum atomic E-state index is 0.740. The van der Waals surface area contributed by atoms with E-state index in [2.05, 4.69) is 47.1 Å². The molecule has 0 heterocycles. The molecule has 0 unspecified atom stereocenters. The quantitative estimate of drug-likeness (QED) is 0.558. The molecule has 0 saturated carbocycles. The van der Waals surface area contributed by atoms with Crippen molar-refractivity contribution in [2.24, 2.45) is 0 Å². The van der Waals surface area contributed by atoms with Crippen LogP contribution in [0.5, 0.6) is 0 Å². The summed E-state index contributed by atoms with van der Waals surface area (Å²) in [5, 5.41) is 1.07. The first-order chi connectivity index (χ1) is 6.83. The van der Waals surface area contributed by atoms with Crippen molar-refractivity contribution in [1.82, 2.24) is 0 Å². The van der Waals surface area contributed by atoms with Crippen molar-refractivity contribution in [3.05, 3.63) is 35.4 Å². The number of benzene rings is 1. The maximum atomic E-state index is 5.56. The molecule has 14 heavy (non-hydrogen) atoms. The summed E-state index contributed by atoms with van der Waals surface area (Å²) >= 11 is 3.40. The summed E-state index contributed by atoms with van der Waals surface area (Å²) < 4.78 is 5.56. The third-order valence-electron chi connectivity index (χ3n) is 2.02. The van der Waals surface area contributed by atoms with E-state index in [4.69, 9.17) is 4.74 Å². The standard InChI is InChI=1S/C12H17BrO/c1-11-5-4-6-12(9-11)10-14-8-3-2-7-13/h4-6,9H,2-3,7-8,10H2,1H3. The summed E-state index contributed by atoms with van der Waals surface area (Å²) in [6.45, 7) is 3.71. The molecule has 1 aromatic carbocycles. The molecule has 0 aliphatic carbocycles. The third-order valence-corrected chi connectivity index (χ3v) is 2.58. The lowest BCUT2D eigenvalue weighted by molar-refractivity contribution is 0.118. The van der Waals surface area contributed by atoms with E-state index in [1.165, 1.54) is 17.5 Å². The fourth-order valence-corrected chi connectivity index (χ4v) is 1.69. The molecule has 0 atom stereocenters. The van der Waals surface area contributed by atoms with E-state index in [-0.39, 0.29) is 0 Å². The van der Waals surface area contributed by atoms with Gasteiger partial charge in [-0.3, -0.25) is 0 Å². The average molecular weight is 257 g/mol. The van der Waals surface area contributed by atoms with Crippen molar-refractivity contribution >= 4 is 15.9 Å². The first kappa shape index (κ1) is 11.7.